The average molecular weight is 385 g/mol. The first-order valence-electron chi connectivity index (χ1n) is 7.75. The highest BCUT2D eigenvalue weighted by Crippen LogP contribution is 2.28. The van der Waals surface area contributed by atoms with Gasteiger partial charge in [-0.3, -0.25) is 14.9 Å². The maximum absolute atomic E-state index is 12.1. The molecule has 0 saturated heterocycles. The Morgan fingerprint density at radius 3 is 2.22 bits per heavy atom. The smallest absolute Gasteiger partial charge is 0.293 e. The minimum Gasteiger partial charge on any atom is -0.495 e. The van der Waals surface area contributed by atoms with E-state index >= 15 is 0 Å². The molecule has 3 rings (SSSR count). The van der Waals surface area contributed by atoms with Gasteiger partial charge in [0.25, 0.3) is 11.8 Å². The Morgan fingerprint density at radius 2 is 1.63 bits per heavy atom. The van der Waals surface area contributed by atoms with Crippen LogP contribution in [0.2, 0.25) is 0 Å². The van der Waals surface area contributed by atoms with Crippen LogP contribution in [0.3, 0.4) is 0 Å². The molecule has 27 heavy (non-hydrogen) atoms. The van der Waals surface area contributed by atoms with Gasteiger partial charge in [0.05, 0.1) is 25.3 Å². The molecule has 2 heterocycles. The molecule has 0 aliphatic heterocycles. The van der Waals surface area contributed by atoms with Gasteiger partial charge in [-0.25, -0.2) is 0 Å². The van der Waals surface area contributed by atoms with Crippen molar-refractivity contribution in [2.75, 3.05) is 17.7 Å². The number of carbonyl (C=O) groups excluding carboxylic acids is 2. The highest BCUT2D eigenvalue weighted by atomic mass is 32.1. The second-order valence-corrected chi connectivity index (χ2v) is 5.64. The molecule has 0 aliphatic rings. The highest BCUT2D eigenvalue weighted by molar-refractivity contribution is 7.80. The molecule has 1 aromatic carbocycles. The van der Waals surface area contributed by atoms with Crippen LogP contribution in [-0.4, -0.2) is 24.0 Å². The van der Waals surface area contributed by atoms with Gasteiger partial charge in [0.15, 0.2) is 16.6 Å². The number of anilines is 2. The van der Waals surface area contributed by atoms with Crippen molar-refractivity contribution in [1.29, 1.82) is 0 Å². The summed E-state index contributed by atoms with van der Waals surface area (Å²) in [6.45, 7) is 0. The number of carbonyl (C=O) groups is 2. The maximum Gasteiger partial charge on any atom is 0.293 e. The van der Waals surface area contributed by atoms with Gasteiger partial charge in [-0.15, -0.1) is 0 Å². The van der Waals surface area contributed by atoms with E-state index in [2.05, 4.69) is 16.0 Å². The van der Waals surface area contributed by atoms with Gasteiger partial charge in [0, 0.05) is 5.69 Å². The molecule has 0 bridgehead atoms. The van der Waals surface area contributed by atoms with E-state index in [1.807, 2.05) is 0 Å². The molecule has 8 nitrogen and oxygen atoms in total. The molecule has 0 unspecified atom stereocenters. The van der Waals surface area contributed by atoms with Gasteiger partial charge < -0.3 is 24.2 Å². The molecule has 0 saturated carbocycles. The van der Waals surface area contributed by atoms with E-state index in [1.54, 1.807) is 36.4 Å². The summed E-state index contributed by atoms with van der Waals surface area (Å²) in [5, 5.41) is 8.10. The molecular formula is C18H15N3O5S. The number of benzene rings is 1. The van der Waals surface area contributed by atoms with Gasteiger partial charge in [0.2, 0.25) is 0 Å². The normalized spacial score (nSPS) is 10.1. The average Bonchev–Trinajstić information content (AvgIpc) is 3.35. The second-order valence-electron chi connectivity index (χ2n) is 5.23. The van der Waals surface area contributed by atoms with Crippen molar-refractivity contribution in [3.8, 4) is 5.75 Å². The molecule has 2 amide bonds. The first-order chi connectivity index (χ1) is 13.1. The number of nitrogens with one attached hydrogen (secondary N) is 3. The zero-order valence-corrected chi connectivity index (χ0v) is 15.0. The predicted molar refractivity (Wildman–Crippen MR) is 102 cm³/mol. The van der Waals surface area contributed by atoms with Crippen molar-refractivity contribution in [3.63, 3.8) is 0 Å². The molecule has 3 aromatic rings. The number of rotatable bonds is 5. The zero-order valence-electron chi connectivity index (χ0n) is 14.1. The summed E-state index contributed by atoms with van der Waals surface area (Å²) in [7, 11) is 1.49. The molecule has 0 atom stereocenters. The summed E-state index contributed by atoms with van der Waals surface area (Å²) in [4.78, 5) is 24.1. The molecule has 9 heteroatoms. The van der Waals surface area contributed by atoms with Crippen molar-refractivity contribution in [2.45, 2.75) is 0 Å². The van der Waals surface area contributed by atoms with Crippen LogP contribution in [0.4, 0.5) is 11.4 Å². The van der Waals surface area contributed by atoms with Crippen LogP contribution >= 0.6 is 12.2 Å². The SMILES string of the molecule is COc1ccc(NC(=O)c2ccco2)cc1NC(=S)NC(=O)c1ccco1. The Labute approximate surface area is 159 Å². The molecule has 0 spiro atoms. The summed E-state index contributed by atoms with van der Waals surface area (Å²) >= 11 is 5.15. The molecule has 2 aromatic heterocycles. The van der Waals surface area contributed by atoms with Crippen molar-refractivity contribution in [2.24, 2.45) is 0 Å². The lowest BCUT2D eigenvalue weighted by atomic mass is 10.2. The third kappa shape index (κ3) is 4.53. The van der Waals surface area contributed by atoms with E-state index in [0.29, 0.717) is 17.1 Å². The fourth-order valence-electron chi connectivity index (χ4n) is 2.21. The van der Waals surface area contributed by atoms with Crippen molar-refractivity contribution < 1.29 is 23.2 Å². The fraction of sp³-hybridized carbons (Fsp3) is 0.0556. The summed E-state index contributed by atoms with van der Waals surface area (Å²) < 4.78 is 15.3. The molecule has 0 radical (unpaired) electrons. The second kappa shape index (κ2) is 8.19. The Morgan fingerprint density at radius 1 is 0.963 bits per heavy atom. The van der Waals surface area contributed by atoms with Gasteiger partial charge >= 0.3 is 0 Å². The minimum atomic E-state index is -0.487. The lowest BCUT2D eigenvalue weighted by Crippen LogP contribution is -2.34. The number of thiocarbonyl (C=S) groups is 1. The van der Waals surface area contributed by atoms with E-state index in [0.717, 1.165) is 0 Å². The Hall–Kier alpha value is -3.59. The lowest BCUT2D eigenvalue weighted by Gasteiger charge is -2.14. The summed E-state index contributed by atoms with van der Waals surface area (Å²) in [6, 6.07) is 11.2. The Balaban J connectivity index is 1.70. The molecule has 0 fully saturated rings. The quantitative estimate of drug-likeness (QED) is 0.579. The molecule has 0 aliphatic carbocycles. The zero-order chi connectivity index (χ0) is 19.2. The van der Waals surface area contributed by atoms with Crippen molar-refractivity contribution in [1.82, 2.24) is 5.32 Å². The summed E-state index contributed by atoms with van der Waals surface area (Å²) in [6.07, 6.45) is 2.80. The van der Waals surface area contributed by atoms with E-state index in [9.17, 15) is 9.59 Å². The minimum absolute atomic E-state index is 0.0456. The monoisotopic (exact) mass is 385 g/mol. The summed E-state index contributed by atoms with van der Waals surface area (Å²) in [5.74, 6) is -0.101. The van der Waals surface area contributed by atoms with Crippen LogP contribution in [0.25, 0.3) is 0 Å². The number of hydrogen-bond donors (Lipinski definition) is 3. The van der Waals surface area contributed by atoms with Gasteiger partial charge in [0.1, 0.15) is 5.75 Å². The largest absolute Gasteiger partial charge is 0.495 e. The van der Waals surface area contributed by atoms with E-state index in [1.165, 1.54) is 25.7 Å². The number of methoxy groups -OCH3 is 1. The number of furan rings is 2. The maximum atomic E-state index is 12.1. The fourth-order valence-corrected chi connectivity index (χ4v) is 2.41. The topological polar surface area (TPSA) is 106 Å². The Bertz CT molecular complexity index is 952. The lowest BCUT2D eigenvalue weighted by molar-refractivity contribution is 0.0949. The van der Waals surface area contributed by atoms with Crippen molar-refractivity contribution >= 4 is 40.5 Å². The van der Waals surface area contributed by atoms with Gasteiger partial charge in [-0.05, 0) is 54.7 Å². The van der Waals surface area contributed by atoms with E-state index in [-0.39, 0.29) is 16.6 Å². The van der Waals surface area contributed by atoms with Gasteiger partial charge in [-0.1, -0.05) is 0 Å². The van der Waals surface area contributed by atoms with Crippen LogP contribution in [-0.2, 0) is 0 Å². The van der Waals surface area contributed by atoms with Crippen LogP contribution in [0.15, 0.2) is 63.8 Å². The molecule has 3 N–H and O–H groups in total. The van der Waals surface area contributed by atoms with E-state index < -0.39 is 11.8 Å². The number of amides is 2. The van der Waals surface area contributed by atoms with Crippen LogP contribution < -0.4 is 20.7 Å². The highest BCUT2D eigenvalue weighted by Gasteiger charge is 2.14. The Kier molecular flexibility index (Phi) is 5.53. The number of hydrogen-bond acceptors (Lipinski definition) is 6. The first-order valence-corrected chi connectivity index (χ1v) is 8.16. The third-order valence-electron chi connectivity index (χ3n) is 3.42. The summed E-state index contributed by atoms with van der Waals surface area (Å²) in [5.41, 5.74) is 0.944. The first kappa shape index (κ1) is 18.2. The standard InChI is InChI=1S/C18H15N3O5S/c1-24-13-7-6-11(19-16(22)14-4-2-8-25-14)10-12(13)20-18(27)21-17(23)15-5-3-9-26-15/h2-10H,1H3,(H,19,22)(H2,20,21,23,27). The predicted octanol–water partition coefficient (Wildman–Crippen LogP) is 3.26. The number of ether oxygens (including phenoxy) is 1. The van der Waals surface area contributed by atoms with Crippen LogP contribution in [0.5, 0.6) is 5.75 Å². The van der Waals surface area contributed by atoms with Crippen molar-refractivity contribution in [3.05, 3.63) is 66.5 Å². The van der Waals surface area contributed by atoms with E-state index in [4.69, 9.17) is 25.8 Å². The third-order valence-corrected chi connectivity index (χ3v) is 3.63. The molecule has 138 valence electrons. The van der Waals surface area contributed by atoms with Crippen LogP contribution in [0.1, 0.15) is 21.1 Å². The van der Waals surface area contributed by atoms with Gasteiger partial charge in [-0.2, -0.15) is 0 Å². The molecular weight excluding hydrogens is 370 g/mol. The van der Waals surface area contributed by atoms with Crippen LogP contribution in [0, 0.1) is 0 Å².